The molecule has 0 spiro atoms. The molecule has 70 valence electrons. The van der Waals surface area contributed by atoms with Crippen LogP contribution in [0.1, 0.15) is 21.5 Å². The highest BCUT2D eigenvalue weighted by Gasteiger charge is 2.13. The zero-order valence-corrected chi connectivity index (χ0v) is 8.16. The first-order valence-electron chi connectivity index (χ1n) is 4.13. The molecule has 0 aliphatic rings. The predicted molar refractivity (Wildman–Crippen MR) is 52.2 cm³/mol. The first-order valence-corrected chi connectivity index (χ1v) is 4.13. The summed E-state index contributed by atoms with van der Waals surface area (Å²) in [6.45, 7) is 3.81. The van der Waals surface area contributed by atoms with Crippen LogP contribution >= 0.6 is 0 Å². The van der Waals surface area contributed by atoms with Crippen LogP contribution in [0.25, 0.3) is 0 Å². The molecule has 0 bridgehead atoms. The SMILES string of the molecule is Cc1cccc(C)c1C(=O)N(C)N. The van der Waals surface area contributed by atoms with E-state index in [1.54, 1.807) is 7.05 Å². The number of benzene rings is 1. The molecule has 0 aliphatic carbocycles. The normalized spacial score (nSPS) is 9.85. The quantitative estimate of drug-likeness (QED) is 0.399. The Morgan fingerprint density at radius 2 is 1.77 bits per heavy atom. The van der Waals surface area contributed by atoms with E-state index in [0.29, 0.717) is 5.56 Å². The topological polar surface area (TPSA) is 46.3 Å². The van der Waals surface area contributed by atoms with Gasteiger partial charge in [0.1, 0.15) is 0 Å². The lowest BCUT2D eigenvalue weighted by atomic mass is 10.0. The van der Waals surface area contributed by atoms with Crippen molar-refractivity contribution < 1.29 is 4.79 Å². The van der Waals surface area contributed by atoms with Crippen molar-refractivity contribution in [2.45, 2.75) is 13.8 Å². The molecular formula is C10H14N2O. The van der Waals surface area contributed by atoms with Crippen molar-refractivity contribution in [2.75, 3.05) is 7.05 Å². The molecule has 0 aliphatic heterocycles. The molecule has 0 saturated carbocycles. The number of hydrogen-bond donors (Lipinski definition) is 1. The van der Waals surface area contributed by atoms with Crippen molar-refractivity contribution >= 4 is 5.91 Å². The minimum Gasteiger partial charge on any atom is -0.280 e. The van der Waals surface area contributed by atoms with Gasteiger partial charge in [-0.3, -0.25) is 9.80 Å². The van der Waals surface area contributed by atoms with Crippen LogP contribution in [0.3, 0.4) is 0 Å². The molecule has 1 aromatic carbocycles. The lowest BCUT2D eigenvalue weighted by Gasteiger charge is -2.13. The molecule has 3 heteroatoms. The number of carbonyl (C=O) groups is 1. The van der Waals surface area contributed by atoms with Crippen LogP contribution in [0.2, 0.25) is 0 Å². The van der Waals surface area contributed by atoms with Gasteiger partial charge in [-0.05, 0) is 25.0 Å². The lowest BCUT2D eigenvalue weighted by Crippen LogP contribution is -2.34. The summed E-state index contributed by atoms with van der Waals surface area (Å²) in [5, 5.41) is 1.11. The molecule has 1 amide bonds. The molecule has 2 N–H and O–H groups in total. The molecule has 0 radical (unpaired) electrons. The second-order valence-corrected chi connectivity index (χ2v) is 3.18. The van der Waals surface area contributed by atoms with E-state index in [9.17, 15) is 4.79 Å². The Kier molecular flexibility index (Phi) is 2.68. The zero-order valence-electron chi connectivity index (χ0n) is 8.16. The number of rotatable bonds is 1. The molecule has 13 heavy (non-hydrogen) atoms. The molecule has 1 aromatic rings. The summed E-state index contributed by atoms with van der Waals surface area (Å²) in [7, 11) is 1.55. The van der Waals surface area contributed by atoms with Crippen molar-refractivity contribution in [1.29, 1.82) is 0 Å². The first-order chi connectivity index (χ1) is 6.04. The fraction of sp³-hybridized carbons (Fsp3) is 0.300. The highest BCUT2D eigenvalue weighted by atomic mass is 16.2. The van der Waals surface area contributed by atoms with Crippen molar-refractivity contribution in [3.63, 3.8) is 0 Å². The van der Waals surface area contributed by atoms with Crippen LogP contribution in [0.15, 0.2) is 18.2 Å². The average molecular weight is 178 g/mol. The molecule has 0 aromatic heterocycles. The van der Waals surface area contributed by atoms with Crippen LogP contribution in [0.5, 0.6) is 0 Å². The van der Waals surface area contributed by atoms with Gasteiger partial charge in [-0.15, -0.1) is 0 Å². The van der Waals surface area contributed by atoms with Gasteiger partial charge in [0.2, 0.25) is 0 Å². The maximum absolute atomic E-state index is 11.6. The third kappa shape index (κ3) is 1.87. The first kappa shape index (κ1) is 9.74. The summed E-state index contributed by atoms with van der Waals surface area (Å²) in [6.07, 6.45) is 0. The predicted octanol–water partition coefficient (Wildman–Crippen LogP) is 1.25. The molecule has 0 heterocycles. The Morgan fingerprint density at radius 1 is 1.31 bits per heavy atom. The van der Waals surface area contributed by atoms with Crippen LogP contribution in [-0.2, 0) is 0 Å². The lowest BCUT2D eigenvalue weighted by molar-refractivity contribution is 0.0793. The zero-order chi connectivity index (χ0) is 10.0. The number of nitrogens with two attached hydrogens (primary N) is 1. The van der Waals surface area contributed by atoms with Crippen LogP contribution < -0.4 is 5.84 Å². The number of hydrogen-bond acceptors (Lipinski definition) is 2. The van der Waals surface area contributed by atoms with Crippen LogP contribution in [0.4, 0.5) is 0 Å². The van der Waals surface area contributed by atoms with Gasteiger partial charge in [-0.25, -0.2) is 5.84 Å². The number of hydrazine groups is 1. The van der Waals surface area contributed by atoms with Gasteiger partial charge in [0.05, 0.1) is 0 Å². The van der Waals surface area contributed by atoms with E-state index in [0.717, 1.165) is 16.1 Å². The van der Waals surface area contributed by atoms with Crippen molar-refractivity contribution in [1.82, 2.24) is 5.01 Å². The van der Waals surface area contributed by atoms with Gasteiger partial charge in [0.15, 0.2) is 0 Å². The van der Waals surface area contributed by atoms with E-state index in [1.165, 1.54) is 0 Å². The third-order valence-electron chi connectivity index (χ3n) is 2.02. The smallest absolute Gasteiger partial charge is 0.268 e. The summed E-state index contributed by atoms with van der Waals surface area (Å²) >= 11 is 0. The maximum Gasteiger partial charge on any atom is 0.268 e. The van der Waals surface area contributed by atoms with E-state index in [1.807, 2.05) is 32.0 Å². The van der Waals surface area contributed by atoms with Crippen LogP contribution in [-0.4, -0.2) is 18.0 Å². The summed E-state index contributed by atoms with van der Waals surface area (Å²) < 4.78 is 0. The fourth-order valence-electron chi connectivity index (χ4n) is 1.33. The van der Waals surface area contributed by atoms with Gasteiger partial charge < -0.3 is 0 Å². The Balaban J connectivity index is 3.20. The third-order valence-corrected chi connectivity index (χ3v) is 2.02. The monoisotopic (exact) mass is 178 g/mol. The fourth-order valence-corrected chi connectivity index (χ4v) is 1.33. The van der Waals surface area contributed by atoms with Gasteiger partial charge >= 0.3 is 0 Å². The Bertz CT molecular complexity index is 311. The minimum absolute atomic E-state index is 0.143. The largest absolute Gasteiger partial charge is 0.280 e. The minimum atomic E-state index is -0.143. The summed E-state index contributed by atoms with van der Waals surface area (Å²) in [6, 6.07) is 5.74. The molecule has 0 saturated heterocycles. The Morgan fingerprint density at radius 3 is 2.15 bits per heavy atom. The molecule has 0 fully saturated rings. The summed E-state index contributed by atoms with van der Waals surface area (Å²) in [4.78, 5) is 11.6. The molecule has 0 unspecified atom stereocenters. The van der Waals surface area contributed by atoms with Gasteiger partial charge in [0, 0.05) is 12.6 Å². The highest BCUT2D eigenvalue weighted by molar-refractivity contribution is 5.96. The number of aryl methyl sites for hydroxylation is 2. The van der Waals surface area contributed by atoms with E-state index in [4.69, 9.17) is 5.84 Å². The van der Waals surface area contributed by atoms with E-state index < -0.39 is 0 Å². The Labute approximate surface area is 78.1 Å². The maximum atomic E-state index is 11.6. The number of nitrogens with zero attached hydrogens (tertiary/aromatic N) is 1. The highest BCUT2D eigenvalue weighted by Crippen LogP contribution is 2.13. The Hall–Kier alpha value is -1.35. The van der Waals surface area contributed by atoms with E-state index >= 15 is 0 Å². The molecular weight excluding hydrogens is 164 g/mol. The summed E-state index contributed by atoms with van der Waals surface area (Å²) in [5.41, 5.74) is 2.62. The van der Waals surface area contributed by atoms with Crippen LogP contribution in [0, 0.1) is 13.8 Å². The van der Waals surface area contributed by atoms with Gasteiger partial charge in [-0.2, -0.15) is 0 Å². The second kappa shape index (κ2) is 3.58. The number of amides is 1. The van der Waals surface area contributed by atoms with Crippen molar-refractivity contribution in [3.8, 4) is 0 Å². The van der Waals surface area contributed by atoms with Crippen molar-refractivity contribution in [3.05, 3.63) is 34.9 Å². The number of carbonyl (C=O) groups excluding carboxylic acids is 1. The van der Waals surface area contributed by atoms with Gasteiger partial charge in [-0.1, -0.05) is 18.2 Å². The van der Waals surface area contributed by atoms with E-state index in [2.05, 4.69) is 0 Å². The molecule has 1 rings (SSSR count). The molecule has 0 atom stereocenters. The standard InChI is InChI=1S/C10H14N2O/c1-7-5-4-6-8(2)9(7)10(13)12(3)11/h4-6H,11H2,1-3H3. The van der Waals surface area contributed by atoms with Gasteiger partial charge in [0.25, 0.3) is 5.91 Å². The summed E-state index contributed by atoms with van der Waals surface area (Å²) in [5.74, 6) is 5.25. The second-order valence-electron chi connectivity index (χ2n) is 3.18. The van der Waals surface area contributed by atoms with E-state index in [-0.39, 0.29) is 5.91 Å². The van der Waals surface area contributed by atoms with Crippen molar-refractivity contribution in [2.24, 2.45) is 5.84 Å². The molecule has 3 nitrogen and oxygen atoms in total. The average Bonchev–Trinajstić information content (AvgIpc) is 2.03.